The summed E-state index contributed by atoms with van der Waals surface area (Å²) in [6.07, 6.45) is 3.43. The lowest BCUT2D eigenvalue weighted by Gasteiger charge is -2.13. The van der Waals surface area contributed by atoms with Gasteiger partial charge in [-0.1, -0.05) is 17.8 Å². The quantitative estimate of drug-likeness (QED) is 0.796. The molecule has 1 heterocycles. The van der Waals surface area contributed by atoms with Gasteiger partial charge in [0, 0.05) is 6.07 Å². The minimum atomic E-state index is -0.265. The third-order valence-electron chi connectivity index (χ3n) is 2.78. The van der Waals surface area contributed by atoms with Gasteiger partial charge in [0.05, 0.1) is 25.6 Å². The Morgan fingerprint density at radius 3 is 2.95 bits per heavy atom. The molecule has 1 aromatic heterocycles. The maximum Gasteiger partial charge on any atom is 0.269 e. The highest BCUT2D eigenvalue weighted by molar-refractivity contribution is 7.07. The van der Waals surface area contributed by atoms with Gasteiger partial charge in [-0.2, -0.15) is 0 Å². The van der Waals surface area contributed by atoms with Crippen molar-refractivity contribution >= 4 is 23.1 Å². The van der Waals surface area contributed by atoms with Gasteiger partial charge in [0.1, 0.15) is 16.4 Å². The number of carbonyl (C=O) groups is 1. The molecule has 0 unspecified atom stereocenters. The van der Waals surface area contributed by atoms with Crippen LogP contribution in [-0.2, 0) is 0 Å². The van der Waals surface area contributed by atoms with Crippen molar-refractivity contribution in [2.45, 2.75) is 19.8 Å². The largest absolute Gasteiger partial charge is 0.497 e. The Hall–Kier alpha value is -2.15. The van der Waals surface area contributed by atoms with Crippen molar-refractivity contribution in [1.29, 1.82) is 0 Å². The zero-order valence-corrected chi connectivity index (χ0v) is 12.8. The van der Waals surface area contributed by atoms with Crippen LogP contribution in [0.4, 0.5) is 5.69 Å². The number of unbranched alkanes of at least 4 members (excludes halogenated alkanes) is 1. The van der Waals surface area contributed by atoms with Gasteiger partial charge < -0.3 is 14.8 Å². The number of aromatic nitrogens is 2. The minimum absolute atomic E-state index is 0.265. The Kier molecular flexibility index (Phi) is 5.51. The van der Waals surface area contributed by atoms with Crippen LogP contribution in [0.15, 0.2) is 24.4 Å². The van der Waals surface area contributed by atoms with Crippen molar-refractivity contribution in [1.82, 2.24) is 9.59 Å². The molecule has 0 bridgehead atoms. The Labute approximate surface area is 127 Å². The summed E-state index contributed by atoms with van der Waals surface area (Å²) in [5.41, 5.74) is 0.573. The van der Waals surface area contributed by atoms with Crippen LogP contribution < -0.4 is 14.8 Å². The third kappa shape index (κ3) is 4.16. The van der Waals surface area contributed by atoms with Gasteiger partial charge in [-0.25, -0.2) is 0 Å². The number of methoxy groups -OCH3 is 1. The number of amides is 1. The van der Waals surface area contributed by atoms with Gasteiger partial charge in [-0.15, -0.1) is 5.10 Å². The second-order valence-corrected chi connectivity index (χ2v) is 5.09. The molecule has 2 aromatic rings. The van der Waals surface area contributed by atoms with Crippen molar-refractivity contribution < 1.29 is 14.3 Å². The molecule has 21 heavy (non-hydrogen) atoms. The summed E-state index contributed by atoms with van der Waals surface area (Å²) >= 11 is 1.04. The molecule has 1 amide bonds. The van der Waals surface area contributed by atoms with Crippen molar-refractivity contribution in [2.75, 3.05) is 19.0 Å². The summed E-state index contributed by atoms with van der Waals surface area (Å²) in [6.45, 7) is 2.70. The summed E-state index contributed by atoms with van der Waals surface area (Å²) in [5.74, 6) is 1.00. The lowest BCUT2D eigenvalue weighted by atomic mass is 10.2. The van der Waals surface area contributed by atoms with E-state index in [1.807, 2.05) is 0 Å². The molecule has 6 nitrogen and oxygen atoms in total. The zero-order valence-electron chi connectivity index (χ0n) is 12.0. The number of benzene rings is 1. The first-order valence-electron chi connectivity index (χ1n) is 6.64. The van der Waals surface area contributed by atoms with Crippen LogP contribution in [0.5, 0.6) is 11.5 Å². The highest BCUT2D eigenvalue weighted by Crippen LogP contribution is 2.30. The molecule has 7 heteroatoms. The fourth-order valence-corrected chi connectivity index (χ4v) is 2.05. The van der Waals surface area contributed by atoms with Gasteiger partial charge in [0.15, 0.2) is 0 Å². The van der Waals surface area contributed by atoms with Crippen LogP contribution in [0.2, 0.25) is 0 Å². The minimum Gasteiger partial charge on any atom is -0.497 e. The molecule has 1 aromatic carbocycles. The number of rotatable bonds is 7. The second kappa shape index (κ2) is 7.58. The first-order chi connectivity index (χ1) is 10.2. The van der Waals surface area contributed by atoms with E-state index in [1.165, 1.54) is 6.20 Å². The van der Waals surface area contributed by atoms with E-state index in [2.05, 4.69) is 21.8 Å². The fraction of sp³-hybridized carbons (Fsp3) is 0.357. The highest BCUT2D eigenvalue weighted by Gasteiger charge is 2.13. The van der Waals surface area contributed by atoms with E-state index in [-0.39, 0.29) is 5.91 Å². The molecule has 0 aliphatic rings. The van der Waals surface area contributed by atoms with Crippen LogP contribution in [0.3, 0.4) is 0 Å². The predicted octanol–water partition coefficient (Wildman–Crippen LogP) is 2.98. The summed E-state index contributed by atoms with van der Waals surface area (Å²) in [6, 6.07) is 5.31. The molecular weight excluding hydrogens is 290 g/mol. The molecule has 0 aliphatic heterocycles. The molecule has 112 valence electrons. The SMILES string of the molecule is CCCCOc1ccc(OC)cc1NC(=O)c1cnns1. The average molecular weight is 307 g/mol. The van der Waals surface area contributed by atoms with Crippen molar-refractivity contribution in [3.8, 4) is 11.5 Å². The molecule has 0 aliphatic carbocycles. The number of ether oxygens (including phenoxy) is 2. The number of hydrogen-bond acceptors (Lipinski definition) is 6. The highest BCUT2D eigenvalue weighted by atomic mass is 32.1. The number of nitrogens with zero attached hydrogens (tertiary/aromatic N) is 2. The van der Waals surface area contributed by atoms with Gasteiger partial charge in [0.2, 0.25) is 0 Å². The Balaban J connectivity index is 2.16. The molecule has 0 fully saturated rings. The molecule has 0 saturated carbocycles. The van der Waals surface area contributed by atoms with E-state index in [0.717, 1.165) is 24.4 Å². The Bertz CT molecular complexity index is 587. The van der Waals surface area contributed by atoms with E-state index < -0.39 is 0 Å². The number of carbonyl (C=O) groups excluding carboxylic acids is 1. The van der Waals surface area contributed by atoms with E-state index in [1.54, 1.807) is 25.3 Å². The van der Waals surface area contributed by atoms with Crippen LogP contribution in [0, 0.1) is 0 Å². The summed E-state index contributed by atoms with van der Waals surface area (Å²) in [5, 5.41) is 6.45. The molecule has 2 rings (SSSR count). The van der Waals surface area contributed by atoms with Crippen LogP contribution in [-0.4, -0.2) is 29.2 Å². The summed E-state index contributed by atoms with van der Waals surface area (Å²) in [7, 11) is 1.58. The first-order valence-corrected chi connectivity index (χ1v) is 7.41. The summed E-state index contributed by atoms with van der Waals surface area (Å²) < 4.78 is 14.6. The normalized spacial score (nSPS) is 10.2. The van der Waals surface area contributed by atoms with Crippen LogP contribution >= 0.6 is 11.5 Å². The average Bonchev–Trinajstić information content (AvgIpc) is 3.03. The lowest BCUT2D eigenvalue weighted by molar-refractivity contribution is 0.103. The molecule has 0 radical (unpaired) electrons. The van der Waals surface area contributed by atoms with E-state index in [4.69, 9.17) is 9.47 Å². The summed E-state index contributed by atoms with van der Waals surface area (Å²) in [4.78, 5) is 12.5. The van der Waals surface area contributed by atoms with Gasteiger partial charge in [0.25, 0.3) is 5.91 Å². The van der Waals surface area contributed by atoms with Gasteiger partial charge in [-0.05, 0) is 30.1 Å². The second-order valence-electron chi connectivity index (χ2n) is 4.30. The standard InChI is InChI=1S/C14H17N3O3S/c1-3-4-7-20-12-6-5-10(19-2)8-11(12)16-14(18)13-9-15-17-21-13/h5-6,8-9H,3-4,7H2,1-2H3,(H,16,18). The van der Waals surface area contributed by atoms with Crippen molar-refractivity contribution in [3.05, 3.63) is 29.3 Å². The topological polar surface area (TPSA) is 73.3 Å². The monoisotopic (exact) mass is 307 g/mol. The maximum atomic E-state index is 12.1. The fourth-order valence-electron chi connectivity index (χ4n) is 1.64. The van der Waals surface area contributed by atoms with Crippen molar-refractivity contribution in [2.24, 2.45) is 0 Å². The van der Waals surface area contributed by atoms with E-state index in [0.29, 0.717) is 28.7 Å². The van der Waals surface area contributed by atoms with E-state index >= 15 is 0 Å². The third-order valence-corrected chi connectivity index (χ3v) is 3.44. The maximum absolute atomic E-state index is 12.1. The lowest BCUT2D eigenvalue weighted by Crippen LogP contribution is -2.12. The Morgan fingerprint density at radius 2 is 2.29 bits per heavy atom. The Morgan fingerprint density at radius 1 is 1.43 bits per heavy atom. The van der Waals surface area contributed by atoms with Gasteiger partial charge >= 0.3 is 0 Å². The molecule has 0 spiro atoms. The predicted molar refractivity (Wildman–Crippen MR) is 81.3 cm³/mol. The van der Waals surface area contributed by atoms with Crippen molar-refractivity contribution in [3.63, 3.8) is 0 Å². The first kappa shape index (κ1) is 15.2. The van der Waals surface area contributed by atoms with Gasteiger partial charge in [-0.3, -0.25) is 4.79 Å². The van der Waals surface area contributed by atoms with Crippen LogP contribution in [0.1, 0.15) is 29.4 Å². The smallest absolute Gasteiger partial charge is 0.269 e. The van der Waals surface area contributed by atoms with E-state index in [9.17, 15) is 4.79 Å². The van der Waals surface area contributed by atoms with Crippen LogP contribution in [0.25, 0.3) is 0 Å². The molecular formula is C14H17N3O3S. The molecule has 1 N–H and O–H groups in total. The number of hydrogen-bond donors (Lipinski definition) is 1. The molecule has 0 atom stereocenters. The number of nitrogens with one attached hydrogen (secondary N) is 1. The number of anilines is 1. The molecule has 0 saturated heterocycles. The zero-order chi connectivity index (χ0) is 15.1.